The molecule has 6 heteroatoms. The zero-order valence-electron chi connectivity index (χ0n) is 15.5. The summed E-state index contributed by atoms with van der Waals surface area (Å²) in [6.45, 7) is 1.30. The monoisotopic (exact) mass is 390 g/mol. The van der Waals surface area contributed by atoms with Gasteiger partial charge in [0.25, 0.3) is 0 Å². The van der Waals surface area contributed by atoms with Gasteiger partial charge in [0.2, 0.25) is 5.91 Å². The van der Waals surface area contributed by atoms with Crippen LogP contribution in [0.4, 0.5) is 0 Å². The predicted molar refractivity (Wildman–Crippen MR) is 112 cm³/mol. The topological polar surface area (TPSA) is 59.8 Å². The van der Waals surface area contributed by atoms with Crippen molar-refractivity contribution in [2.75, 3.05) is 0 Å². The molecule has 0 saturated heterocycles. The Hall–Kier alpha value is -2.99. The van der Waals surface area contributed by atoms with Crippen LogP contribution in [0.25, 0.3) is 10.2 Å². The summed E-state index contributed by atoms with van der Waals surface area (Å²) in [7, 11) is 0. The Balaban J connectivity index is 1.26. The van der Waals surface area contributed by atoms with Gasteiger partial charge in [0.15, 0.2) is 0 Å². The normalized spacial score (nSPS) is 11.0. The molecule has 0 aliphatic heterocycles. The first kappa shape index (κ1) is 18.4. The summed E-state index contributed by atoms with van der Waals surface area (Å²) in [5.41, 5.74) is 3.37. The van der Waals surface area contributed by atoms with Crippen molar-refractivity contribution in [2.45, 2.75) is 32.4 Å². The van der Waals surface area contributed by atoms with Crippen molar-refractivity contribution in [2.24, 2.45) is 0 Å². The zero-order valence-corrected chi connectivity index (χ0v) is 16.4. The van der Waals surface area contributed by atoms with E-state index < -0.39 is 0 Å². The third-order valence-electron chi connectivity index (χ3n) is 4.64. The van der Waals surface area contributed by atoms with Crippen LogP contribution in [0, 0.1) is 0 Å². The number of amides is 1. The van der Waals surface area contributed by atoms with Crippen molar-refractivity contribution < 1.29 is 4.79 Å². The quantitative estimate of drug-likeness (QED) is 0.491. The van der Waals surface area contributed by atoms with Gasteiger partial charge in [0, 0.05) is 31.9 Å². The van der Waals surface area contributed by atoms with E-state index in [4.69, 9.17) is 0 Å². The Morgan fingerprint density at radius 2 is 1.89 bits per heavy atom. The van der Waals surface area contributed by atoms with Crippen LogP contribution in [0.5, 0.6) is 0 Å². The van der Waals surface area contributed by atoms with Crippen LogP contribution in [0.2, 0.25) is 0 Å². The zero-order chi connectivity index (χ0) is 19.2. The summed E-state index contributed by atoms with van der Waals surface area (Å²) >= 11 is 1.71. The summed E-state index contributed by atoms with van der Waals surface area (Å²) in [6, 6.07) is 16.3. The second kappa shape index (κ2) is 8.80. The summed E-state index contributed by atoms with van der Waals surface area (Å²) in [6.07, 6.45) is 7.68. The number of nitrogens with one attached hydrogen (secondary N) is 1. The standard InChI is InChI=1S/C22H22N4OS/c27-21(10-5-11-22-25-19-8-3-4-9-20(19)28-22)24-14-17-6-1-2-7-18(17)15-26-13-12-23-16-26/h1-4,6-9,12-13,16H,5,10-11,14-15H2,(H,24,27). The highest BCUT2D eigenvalue weighted by Crippen LogP contribution is 2.22. The lowest BCUT2D eigenvalue weighted by Crippen LogP contribution is -2.23. The molecule has 1 amide bonds. The van der Waals surface area contributed by atoms with Crippen LogP contribution in [0.1, 0.15) is 29.0 Å². The number of imidazole rings is 1. The number of rotatable bonds is 8. The SMILES string of the molecule is O=C(CCCc1nc2ccccc2s1)NCc1ccccc1Cn1ccnc1. The maximum absolute atomic E-state index is 12.3. The average molecular weight is 391 g/mol. The maximum atomic E-state index is 12.3. The lowest BCUT2D eigenvalue weighted by molar-refractivity contribution is -0.121. The third-order valence-corrected chi connectivity index (χ3v) is 5.74. The Morgan fingerprint density at radius 3 is 2.71 bits per heavy atom. The van der Waals surface area contributed by atoms with Crippen LogP contribution in [-0.4, -0.2) is 20.4 Å². The number of hydrogen-bond acceptors (Lipinski definition) is 4. The number of benzene rings is 2. The second-order valence-electron chi connectivity index (χ2n) is 6.71. The first-order valence-electron chi connectivity index (χ1n) is 9.41. The first-order valence-corrected chi connectivity index (χ1v) is 10.2. The third kappa shape index (κ3) is 4.64. The van der Waals surface area contributed by atoms with Gasteiger partial charge in [-0.1, -0.05) is 36.4 Å². The molecule has 2 heterocycles. The number of carbonyl (C=O) groups is 1. The van der Waals surface area contributed by atoms with E-state index in [0.29, 0.717) is 13.0 Å². The highest BCUT2D eigenvalue weighted by Gasteiger charge is 2.07. The van der Waals surface area contributed by atoms with Gasteiger partial charge in [-0.3, -0.25) is 4.79 Å². The van der Waals surface area contributed by atoms with E-state index in [1.54, 1.807) is 23.9 Å². The lowest BCUT2D eigenvalue weighted by atomic mass is 10.1. The number of aryl methyl sites for hydroxylation is 1. The molecule has 28 heavy (non-hydrogen) atoms. The van der Waals surface area contributed by atoms with Gasteiger partial charge in [-0.15, -0.1) is 11.3 Å². The van der Waals surface area contributed by atoms with E-state index >= 15 is 0 Å². The molecule has 4 aromatic rings. The number of nitrogens with zero attached hydrogens (tertiary/aromatic N) is 3. The summed E-state index contributed by atoms with van der Waals surface area (Å²) < 4.78 is 3.23. The van der Waals surface area contributed by atoms with E-state index in [2.05, 4.69) is 33.5 Å². The Labute approximate surface area is 168 Å². The molecule has 0 radical (unpaired) electrons. The van der Waals surface area contributed by atoms with Gasteiger partial charge in [-0.2, -0.15) is 0 Å². The molecule has 0 bridgehead atoms. The highest BCUT2D eigenvalue weighted by atomic mass is 32.1. The van der Waals surface area contributed by atoms with Crippen LogP contribution >= 0.6 is 11.3 Å². The van der Waals surface area contributed by atoms with Crippen molar-refractivity contribution in [1.29, 1.82) is 0 Å². The molecule has 0 atom stereocenters. The molecule has 1 N–H and O–H groups in total. The predicted octanol–water partition coefficient (Wildman–Crippen LogP) is 4.18. The van der Waals surface area contributed by atoms with Crippen molar-refractivity contribution in [3.63, 3.8) is 0 Å². The molecule has 2 aromatic heterocycles. The van der Waals surface area contributed by atoms with E-state index in [1.807, 2.05) is 41.1 Å². The van der Waals surface area contributed by atoms with Gasteiger partial charge in [-0.25, -0.2) is 9.97 Å². The van der Waals surface area contributed by atoms with Crippen molar-refractivity contribution in [1.82, 2.24) is 19.9 Å². The van der Waals surface area contributed by atoms with Gasteiger partial charge in [-0.05, 0) is 36.1 Å². The van der Waals surface area contributed by atoms with E-state index in [1.165, 1.54) is 10.3 Å². The molecule has 0 fully saturated rings. The average Bonchev–Trinajstić information content (AvgIpc) is 3.36. The van der Waals surface area contributed by atoms with Gasteiger partial charge in [0.05, 0.1) is 21.6 Å². The number of carbonyl (C=O) groups excluding carboxylic acids is 1. The number of thiazole rings is 1. The molecule has 142 valence electrons. The molecule has 0 aliphatic rings. The van der Waals surface area contributed by atoms with Crippen LogP contribution in [0.15, 0.2) is 67.3 Å². The van der Waals surface area contributed by atoms with E-state index in [-0.39, 0.29) is 5.91 Å². The summed E-state index contributed by atoms with van der Waals surface area (Å²) in [4.78, 5) is 21.0. The maximum Gasteiger partial charge on any atom is 0.220 e. The van der Waals surface area contributed by atoms with Crippen LogP contribution < -0.4 is 5.32 Å². The molecule has 5 nitrogen and oxygen atoms in total. The number of hydrogen-bond donors (Lipinski definition) is 1. The molecule has 2 aromatic carbocycles. The second-order valence-corrected chi connectivity index (χ2v) is 7.82. The fourth-order valence-electron chi connectivity index (χ4n) is 3.17. The Kier molecular flexibility index (Phi) is 5.77. The van der Waals surface area contributed by atoms with Crippen molar-refractivity contribution >= 4 is 27.5 Å². The van der Waals surface area contributed by atoms with E-state index in [0.717, 1.165) is 35.5 Å². The molecule has 0 saturated carbocycles. The first-order chi connectivity index (χ1) is 13.8. The van der Waals surface area contributed by atoms with Gasteiger partial charge < -0.3 is 9.88 Å². The van der Waals surface area contributed by atoms with Crippen LogP contribution in [0.3, 0.4) is 0 Å². The van der Waals surface area contributed by atoms with Crippen molar-refractivity contribution in [3.05, 3.63) is 83.4 Å². The highest BCUT2D eigenvalue weighted by molar-refractivity contribution is 7.18. The number of fused-ring (bicyclic) bond motifs is 1. The smallest absolute Gasteiger partial charge is 0.220 e. The minimum atomic E-state index is 0.0820. The largest absolute Gasteiger partial charge is 0.352 e. The molecule has 0 unspecified atom stereocenters. The minimum Gasteiger partial charge on any atom is -0.352 e. The molecular weight excluding hydrogens is 368 g/mol. The van der Waals surface area contributed by atoms with Gasteiger partial charge >= 0.3 is 0 Å². The molecular formula is C22H22N4OS. The Morgan fingerprint density at radius 1 is 1.07 bits per heavy atom. The van der Waals surface area contributed by atoms with Gasteiger partial charge in [0.1, 0.15) is 0 Å². The molecule has 4 rings (SSSR count). The summed E-state index contributed by atoms with van der Waals surface area (Å²) in [5, 5.41) is 4.15. The fourth-order valence-corrected chi connectivity index (χ4v) is 4.18. The Bertz CT molecular complexity index is 1020. The summed E-state index contributed by atoms with van der Waals surface area (Å²) in [5.74, 6) is 0.0820. The fraction of sp³-hybridized carbons (Fsp3) is 0.227. The van der Waals surface area contributed by atoms with Crippen LogP contribution in [-0.2, 0) is 24.3 Å². The lowest BCUT2D eigenvalue weighted by Gasteiger charge is -2.11. The molecule has 0 aliphatic carbocycles. The van der Waals surface area contributed by atoms with E-state index in [9.17, 15) is 4.79 Å². The number of aromatic nitrogens is 3. The van der Waals surface area contributed by atoms with Crippen molar-refractivity contribution in [3.8, 4) is 0 Å². The molecule has 0 spiro atoms. The minimum absolute atomic E-state index is 0.0820. The number of para-hydroxylation sites is 1.